The summed E-state index contributed by atoms with van der Waals surface area (Å²) in [7, 11) is -1.59. The molecule has 12 aromatic carbocycles. The maximum atomic E-state index is 13.9. The highest BCUT2D eigenvalue weighted by atomic mass is 79.9. The third kappa shape index (κ3) is 29.6. The molecule has 0 amide bonds. The van der Waals surface area contributed by atoms with E-state index < -0.39 is 148 Å². The van der Waals surface area contributed by atoms with Crippen LogP contribution in [0.25, 0.3) is 33.4 Å². The van der Waals surface area contributed by atoms with Crippen molar-refractivity contribution in [1.82, 2.24) is 0 Å². The Morgan fingerprint density at radius 2 is 0.648 bits per heavy atom. The summed E-state index contributed by atoms with van der Waals surface area (Å²) in [5.74, 6) is -3.54. The van der Waals surface area contributed by atoms with Crippen LogP contribution in [0, 0.1) is 23.3 Å². The number of epoxide rings is 1. The number of rotatable bonds is 24. The lowest BCUT2D eigenvalue weighted by Crippen LogP contribution is -2.44. The number of aliphatic hydroxyl groups is 2. The SMILES string of the molecule is FC(F)(F)C1CO1.FC(F)C(F)(F)Oc1cccc(C2CCc3c(Br)cccc3N2)c1.Fc1cccc(-c2cccc3c2CCC(c2cccc(OC(F)(F)C(F)F)c2)N3)c1.OB(O)c1cccc(F)c1.OC(CN1c2cccc(-c3cccc(F)c3)c2CCC1c1cccc(OC(F)(F)C(F)F)c1)C(F)(F)F.OC(CN1c2cccc(-c3cccc(F)c3)c2CCC1c1cccc(OC(F)(F)C(F)F)c1)C(F)(F)F. The van der Waals surface area contributed by atoms with Crippen LogP contribution in [0.4, 0.5) is 150 Å². The van der Waals surface area contributed by atoms with Gasteiger partial charge in [-0.05, 0) is 262 Å². The van der Waals surface area contributed by atoms with Gasteiger partial charge in [0.15, 0.2) is 18.3 Å². The number of hydrogen-bond donors (Lipinski definition) is 6. The van der Waals surface area contributed by atoms with Gasteiger partial charge in [0.25, 0.3) is 0 Å². The van der Waals surface area contributed by atoms with Crippen LogP contribution in [-0.4, -0.2) is 134 Å². The molecule has 0 aliphatic carbocycles. The predicted octanol–water partition coefficient (Wildman–Crippen LogP) is 27.4. The highest BCUT2D eigenvalue weighted by Crippen LogP contribution is 2.50. The molecule has 0 bridgehead atoms. The first kappa shape index (κ1) is 111. The molecule has 0 saturated carbocycles. The lowest BCUT2D eigenvalue weighted by molar-refractivity contribution is -0.253. The van der Waals surface area contributed by atoms with Gasteiger partial charge in [-0.3, -0.25) is 0 Å². The summed E-state index contributed by atoms with van der Waals surface area (Å²) >= 11 is 3.50. The molecule has 0 radical (unpaired) electrons. The average molecular weight is 2140 g/mol. The summed E-state index contributed by atoms with van der Waals surface area (Å²) in [6.07, 6.45) is -51.5. The molecule has 5 heterocycles. The van der Waals surface area contributed by atoms with Crippen molar-refractivity contribution in [3.8, 4) is 56.4 Å². The number of β-amino-alcohol motifs (C(OH)–C–C–N with tert-alkyl or cyclic N) is 2. The first-order valence-corrected chi connectivity index (χ1v) is 44.6. The first-order valence-electron chi connectivity index (χ1n) is 43.8. The Hall–Kier alpha value is -12.6. The van der Waals surface area contributed by atoms with E-state index in [-0.39, 0.29) is 65.4 Å². The molecule has 0 aromatic heterocycles. The number of benzene rings is 12. The number of fused-ring (bicyclic) bond motifs is 4. The minimum atomic E-state index is -4.94. The molecule has 5 aliphatic rings. The lowest BCUT2D eigenvalue weighted by Gasteiger charge is -2.41. The second-order valence-electron chi connectivity index (χ2n) is 33.2. The molecule has 7 unspecified atom stereocenters. The van der Waals surface area contributed by atoms with Gasteiger partial charge in [0.2, 0.25) is 0 Å². The summed E-state index contributed by atoms with van der Waals surface area (Å²) < 4.78 is 395. The second-order valence-corrected chi connectivity index (χ2v) is 34.0. The minimum Gasteiger partial charge on any atom is -0.428 e. The Bertz CT molecular complexity index is 6150. The maximum Gasteiger partial charge on any atom is 0.488 e. The largest absolute Gasteiger partial charge is 0.488 e. The van der Waals surface area contributed by atoms with Crippen molar-refractivity contribution in [2.45, 2.75) is 163 Å². The van der Waals surface area contributed by atoms with Crippen LogP contribution in [0.2, 0.25) is 0 Å². The number of ether oxygens (including phenoxy) is 5. The number of halogens is 30. The number of aliphatic hydroxyl groups excluding tert-OH is 2. The van der Waals surface area contributed by atoms with Crippen molar-refractivity contribution in [2.24, 2.45) is 0 Å². The highest BCUT2D eigenvalue weighted by Gasteiger charge is 2.51. The Morgan fingerprint density at radius 1 is 0.352 bits per heavy atom. The van der Waals surface area contributed by atoms with Gasteiger partial charge in [-0.15, -0.1) is 0 Å². The van der Waals surface area contributed by atoms with Crippen molar-refractivity contribution in [3.63, 3.8) is 0 Å². The number of anilines is 4. The third-order valence-electron chi connectivity index (χ3n) is 23.1. The van der Waals surface area contributed by atoms with E-state index in [4.69, 9.17) is 10.0 Å². The summed E-state index contributed by atoms with van der Waals surface area (Å²) in [4.78, 5) is 2.59. The predicted molar refractivity (Wildman–Crippen MR) is 484 cm³/mol. The van der Waals surface area contributed by atoms with E-state index in [1.807, 2.05) is 42.5 Å². The van der Waals surface area contributed by atoms with E-state index in [1.165, 1.54) is 137 Å². The van der Waals surface area contributed by atoms with E-state index in [0.29, 0.717) is 81.6 Å². The fourth-order valence-electron chi connectivity index (χ4n) is 16.3. The van der Waals surface area contributed by atoms with Gasteiger partial charge in [0, 0.05) is 27.2 Å². The summed E-state index contributed by atoms with van der Waals surface area (Å²) in [6, 6.07) is 63.4. The molecular formula is C101H83BBrF29N4O9. The highest BCUT2D eigenvalue weighted by molar-refractivity contribution is 9.10. The third-order valence-corrected chi connectivity index (χ3v) is 23.9. The number of nitrogens with zero attached hydrogens (tertiary/aromatic N) is 2. The van der Waals surface area contributed by atoms with E-state index >= 15 is 0 Å². The number of nitrogens with one attached hydrogen (secondary N) is 2. The summed E-state index contributed by atoms with van der Waals surface area (Å²) in [5.41, 5.74) is 11.8. The summed E-state index contributed by atoms with van der Waals surface area (Å²) in [5, 5.41) is 43.6. The monoisotopic (exact) mass is 2140 g/mol. The second kappa shape index (κ2) is 47.2. The quantitative estimate of drug-likeness (QED) is 0.0193. The molecule has 145 heavy (non-hydrogen) atoms. The van der Waals surface area contributed by atoms with Crippen molar-refractivity contribution >= 4 is 51.3 Å². The lowest BCUT2D eigenvalue weighted by atomic mass is 9.80. The molecule has 1 saturated heterocycles. The van der Waals surface area contributed by atoms with Gasteiger partial charge in [0.1, 0.15) is 46.3 Å². The Morgan fingerprint density at radius 3 is 0.966 bits per heavy atom. The van der Waals surface area contributed by atoms with Crippen LogP contribution in [-0.2, 0) is 30.4 Å². The molecule has 44 heteroatoms. The molecule has 0 spiro atoms. The molecule has 13 nitrogen and oxygen atoms in total. The van der Waals surface area contributed by atoms with E-state index in [1.54, 1.807) is 66.7 Å². The average Bonchev–Trinajstić information content (AvgIpc) is 1.10. The van der Waals surface area contributed by atoms with Crippen LogP contribution < -0.4 is 44.8 Å². The Balaban J connectivity index is 0.000000164. The Kier molecular flexibility index (Phi) is 36.2. The van der Waals surface area contributed by atoms with Gasteiger partial charge in [-0.2, -0.15) is 110 Å². The van der Waals surface area contributed by atoms with Crippen molar-refractivity contribution in [3.05, 3.63) is 339 Å². The zero-order valence-corrected chi connectivity index (χ0v) is 76.3. The molecule has 7 atom stereocenters. The minimum absolute atomic E-state index is 0.101. The van der Waals surface area contributed by atoms with Gasteiger partial charge < -0.3 is 64.4 Å². The summed E-state index contributed by atoms with van der Waals surface area (Å²) in [6.45, 7) is -1.92. The van der Waals surface area contributed by atoms with Crippen molar-refractivity contribution in [2.75, 3.05) is 40.1 Å². The topological polar surface area (TPSA) is 161 Å². The molecule has 6 N–H and O–H groups in total. The Labute approximate surface area is 817 Å². The fraction of sp³-hybridized carbons (Fsp3) is 0.287. The molecule has 774 valence electrons. The first-order chi connectivity index (χ1) is 68.2. The zero-order valence-electron chi connectivity index (χ0n) is 74.7. The van der Waals surface area contributed by atoms with Crippen LogP contribution >= 0.6 is 15.9 Å². The van der Waals surface area contributed by atoms with E-state index in [9.17, 15) is 138 Å². The van der Waals surface area contributed by atoms with Crippen molar-refractivity contribution in [1.29, 1.82) is 0 Å². The van der Waals surface area contributed by atoms with Crippen LogP contribution in [0.5, 0.6) is 23.0 Å². The van der Waals surface area contributed by atoms with Crippen LogP contribution in [0.1, 0.15) is 94.4 Å². The van der Waals surface area contributed by atoms with E-state index in [0.717, 1.165) is 81.3 Å². The molecule has 1 fully saturated rings. The zero-order chi connectivity index (χ0) is 106. The molecular weight excluding hydrogens is 2050 g/mol. The van der Waals surface area contributed by atoms with Gasteiger partial charge in [-0.25, -0.2) is 17.6 Å². The van der Waals surface area contributed by atoms with Gasteiger partial charge in [0.05, 0.1) is 43.9 Å². The smallest absolute Gasteiger partial charge is 0.428 e. The van der Waals surface area contributed by atoms with Crippen molar-refractivity contribution < 1.29 is 171 Å². The fourth-order valence-corrected chi connectivity index (χ4v) is 16.9. The standard InChI is InChI=1S/2C26H21F8NO2.C23H18F5NO.C17H14BrF4NO.C6H6BFO2.C3H3F3O/c2*27-17-6-1-4-15(12-17)19-8-3-9-22-20(19)10-11-21(35(22)14-23(36)25(30,31)32)16-5-2-7-18(13-16)37-26(33,34)24(28)29;24-16-6-1-4-14(12-16)18-8-3-9-21-19(18)10-11-20(29-21)15-5-2-7-17(13-15)30-23(27,28)22(25)26;18-13-5-2-6-15-12(13)7-8-14(23-15)10-3-1-4-11(9-10)24-17(21,22)16(19)20;8-6-3-1-2-5(4-6)7(9)10;4-3(5,6)2-1-7-2/h2*1-9,12-13,21,23-24,36H,10-11,14H2;1-9,12-13,20,22,29H,10-11H2;1-6,9,14,16,23H,7-8H2;1-4,9-10H;2H,1H2. The normalized spacial score (nSPS) is 17.0. The number of hydrogen-bond acceptors (Lipinski definition) is 13. The van der Waals surface area contributed by atoms with Crippen LogP contribution in [0.15, 0.2) is 271 Å². The molecule has 17 rings (SSSR count). The van der Waals surface area contributed by atoms with Crippen LogP contribution in [0.3, 0.4) is 0 Å². The van der Waals surface area contributed by atoms with E-state index in [2.05, 4.69) is 50.2 Å². The molecule has 5 aliphatic heterocycles. The van der Waals surface area contributed by atoms with Gasteiger partial charge in [-0.1, -0.05) is 155 Å². The maximum absolute atomic E-state index is 13.9. The molecule has 12 aromatic rings. The number of alkyl halides is 25. The van der Waals surface area contributed by atoms with Gasteiger partial charge >= 0.3 is 75.8 Å².